The number of allylic oxidation sites excluding steroid dienone is 4. The summed E-state index contributed by atoms with van der Waals surface area (Å²) in [6.45, 7) is 7.30. The third kappa shape index (κ3) is 7.36. The van der Waals surface area contributed by atoms with Crippen molar-refractivity contribution in [1.82, 2.24) is 24.8 Å². The van der Waals surface area contributed by atoms with Crippen LogP contribution in [0.1, 0.15) is 47.7 Å². The van der Waals surface area contributed by atoms with Crippen LogP contribution in [0.2, 0.25) is 0 Å². The molecule has 0 aromatic carbocycles. The molecule has 15 heteroatoms. The van der Waals surface area contributed by atoms with Crippen LogP contribution in [0.5, 0.6) is 0 Å². The zero-order valence-electron chi connectivity index (χ0n) is 23.8. The second-order valence-electron chi connectivity index (χ2n) is 11.1. The van der Waals surface area contributed by atoms with Crippen molar-refractivity contribution >= 4 is 51.3 Å². The van der Waals surface area contributed by atoms with Crippen molar-refractivity contribution < 1.29 is 27.9 Å². The van der Waals surface area contributed by atoms with Gasteiger partial charge >= 0.3 is 12.1 Å². The van der Waals surface area contributed by atoms with E-state index in [1.807, 2.05) is 9.80 Å². The Hall–Kier alpha value is -3.07. The predicted octanol–water partition coefficient (Wildman–Crippen LogP) is 4.71. The number of alkyl halides is 3. The summed E-state index contributed by atoms with van der Waals surface area (Å²) in [5.41, 5.74) is 0.866. The Morgan fingerprint density at radius 3 is 2.49 bits per heavy atom. The van der Waals surface area contributed by atoms with E-state index >= 15 is 0 Å². The minimum Gasteiger partial charge on any atom is -0.480 e. The maximum atomic E-state index is 13.9. The summed E-state index contributed by atoms with van der Waals surface area (Å²) in [5.74, 6) is -3.49. The number of amides is 1. The number of rotatable bonds is 8. The summed E-state index contributed by atoms with van der Waals surface area (Å²) in [4.78, 5) is 44.2. The van der Waals surface area contributed by atoms with E-state index in [2.05, 4.69) is 32.1 Å². The quantitative estimate of drug-likeness (QED) is 0.424. The summed E-state index contributed by atoms with van der Waals surface area (Å²) < 4.78 is 41.6. The van der Waals surface area contributed by atoms with Gasteiger partial charge in [0.25, 0.3) is 5.91 Å². The Kier molecular flexibility index (Phi) is 9.40. The number of piperazine rings is 1. The topological polar surface area (TPSA) is 115 Å². The van der Waals surface area contributed by atoms with Crippen molar-refractivity contribution in [3.05, 3.63) is 45.8 Å². The first-order valence-electron chi connectivity index (χ1n) is 14.1. The first-order valence-corrected chi connectivity index (χ1v) is 15.3. The van der Waals surface area contributed by atoms with Crippen molar-refractivity contribution in [3.8, 4) is 0 Å². The average molecular weight is 640 g/mol. The number of aliphatic carboxylic acids is 1. The normalized spacial score (nSPS) is 23.7. The van der Waals surface area contributed by atoms with Crippen LogP contribution < -0.4 is 10.2 Å². The van der Waals surface area contributed by atoms with Gasteiger partial charge < -0.3 is 10.0 Å². The van der Waals surface area contributed by atoms with Gasteiger partial charge in [-0.1, -0.05) is 35.9 Å². The summed E-state index contributed by atoms with van der Waals surface area (Å²) in [7, 11) is 0. The maximum absolute atomic E-state index is 13.9. The molecule has 2 saturated heterocycles. The number of carboxylic acids is 1. The van der Waals surface area contributed by atoms with Crippen LogP contribution in [0.4, 0.5) is 24.1 Å². The number of aromatic nitrogens is 3. The lowest BCUT2D eigenvalue weighted by molar-refractivity contribution is -0.168. The van der Waals surface area contributed by atoms with Gasteiger partial charge in [0.05, 0.1) is 30.6 Å². The van der Waals surface area contributed by atoms with Crippen molar-refractivity contribution in [2.45, 2.75) is 45.5 Å². The molecule has 2 aromatic rings. The molecule has 2 fully saturated rings. The number of carboxylic acid groups (broad SMARTS) is 1. The van der Waals surface area contributed by atoms with E-state index in [0.29, 0.717) is 55.9 Å². The van der Waals surface area contributed by atoms with Gasteiger partial charge in [0.15, 0.2) is 5.13 Å². The molecule has 0 radical (unpaired) electrons. The minimum absolute atomic E-state index is 0.00756. The summed E-state index contributed by atoms with van der Waals surface area (Å²) >= 11 is 7.41. The Morgan fingerprint density at radius 1 is 1.14 bits per heavy atom. The fourth-order valence-electron chi connectivity index (χ4n) is 5.74. The number of thiazole rings is 1. The third-order valence-corrected chi connectivity index (χ3v) is 9.38. The highest BCUT2D eigenvalue weighted by atomic mass is 35.5. The van der Waals surface area contributed by atoms with Crippen LogP contribution in [0.3, 0.4) is 0 Å². The molecule has 2 aromatic heterocycles. The number of hydrogen-bond acceptors (Lipinski definition) is 9. The molecule has 1 amide bonds. The highest BCUT2D eigenvalue weighted by Crippen LogP contribution is 2.46. The SMILES string of the molecule is CC1C(c2nc(NC(=O)c3cnc(N4CCN(CC(=O)O)CC4)cn3)sc2CN2CCC[C@H]2C)=CC(Cl)=CC1C(F)(F)F. The lowest BCUT2D eigenvalue weighted by Gasteiger charge is -2.34. The van der Waals surface area contributed by atoms with E-state index in [9.17, 15) is 22.8 Å². The molecule has 2 unspecified atom stereocenters. The molecule has 10 nitrogen and oxygen atoms in total. The van der Waals surface area contributed by atoms with Gasteiger partial charge in [-0.3, -0.25) is 24.7 Å². The van der Waals surface area contributed by atoms with Crippen molar-refractivity contribution in [3.63, 3.8) is 0 Å². The van der Waals surface area contributed by atoms with E-state index in [-0.39, 0.29) is 22.4 Å². The summed E-state index contributed by atoms with van der Waals surface area (Å²) in [5, 5.41) is 12.0. The Labute approximate surface area is 256 Å². The lowest BCUT2D eigenvalue weighted by Crippen LogP contribution is -2.48. The number of anilines is 2. The van der Waals surface area contributed by atoms with Crippen LogP contribution in [-0.4, -0.2) is 93.2 Å². The molecule has 232 valence electrons. The fourth-order valence-corrected chi connectivity index (χ4v) is 7.00. The third-order valence-electron chi connectivity index (χ3n) is 8.19. The lowest BCUT2D eigenvalue weighted by atomic mass is 9.81. The predicted molar refractivity (Wildman–Crippen MR) is 158 cm³/mol. The number of likely N-dealkylation sites (tertiary alicyclic amines) is 1. The average Bonchev–Trinajstić information content (AvgIpc) is 3.54. The molecule has 3 aliphatic rings. The smallest absolute Gasteiger partial charge is 0.395 e. The molecule has 0 spiro atoms. The highest BCUT2D eigenvalue weighted by molar-refractivity contribution is 7.16. The zero-order chi connectivity index (χ0) is 30.9. The molecule has 0 saturated carbocycles. The van der Waals surface area contributed by atoms with Gasteiger partial charge in [-0.25, -0.2) is 15.0 Å². The number of halogens is 4. The Balaban J connectivity index is 1.33. The minimum atomic E-state index is -4.47. The molecular weight excluding hydrogens is 607 g/mol. The molecule has 4 heterocycles. The maximum Gasteiger partial charge on any atom is 0.395 e. The molecule has 0 bridgehead atoms. The largest absolute Gasteiger partial charge is 0.480 e. The number of carbonyl (C=O) groups excluding carboxylic acids is 1. The van der Waals surface area contributed by atoms with E-state index in [1.54, 1.807) is 0 Å². The standard InChI is InChI=1S/C28H33ClF3N7O3S/c1-16-4-3-5-39(16)14-22-25(19-10-18(29)11-20(17(19)2)28(30,31)32)35-27(43-22)36-26(42)21-12-34-23(13-33-21)38-8-6-37(7-9-38)15-24(40)41/h10-13,16-17,20H,3-9,14-15H2,1-2H3,(H,40,41)(H,35,36,42)/t16-,17?,20?/m1/s1. The first-order chi connectivity index (χ1) is 20.4. The summed E-state index contributed by atoms with van der Waals surface area (Å²) in [6.07, 6.45) is 3.04. The van der Waals surface area contributed by atoms with E-state index in [0.717, 1.165) is 30.3 Å². The van der Waals surface area contributed by atoms with Gasteiger partial charge in [0.1, 0.15) is 11.5 Å². The number of hydrogen-bond donors (Lipinski definition) is 2. The molecule has 3 atom stereocenters. The zero-order valence-corrected chi connectivity index (χ0v) is 25.3. The Morgan fingerprint density at radius 2 is 1.88 bits per heavy atom. The molecule has 5 rings (SSSR count). The monoisotopic (exact) mass is 639 g/mol. The van der Waals surface area contributed by atoms with Gasteiger partial charge in [-0.15, -0.1) is 0 Å². The molecular formula is C28H33ClF3N7O3S. The van der Waals surface area contributed by atoms with Crippen molar-refractivity contribution in [2.75, 3.05) is 49.5 Å². The van der Waals surface area contributed by atoms with Crippen LogP contribution in [-0.2, 0) is 11.3 Å². The van der Waals surface area contributed by atoms with Crippen LogP contribution >= 0.6 is 22.9 Å². The Bertz CT molecular complexity index is 1410. The molecule has 43 heavy (non-hydrogen) atoms. The van der Waals surface area contributed by atoms with Gasteiger partial charge in [-0.05, 0) is 43.9 Å². The first kappa shape index (κ1) is 31.4. The fraction of sp³-hybridized carbons (Fsp3) is 0.536. The van der Waals surface area contributed by atoms with Crippen molar-refractivity contribution in [2.24, 2.45) is 11.8 Å². The molecule has 2 aliphatic heterocycles. The summed E-state index contributed by atoms with van der Waals surface area (Å²) in [6, 6.07) is 0.325. The van der Waals surface area contributed by atoms with Crippen molar-refractivity contribution in [1.29, 1.82) is 0 Å². The van der Waals surface area contributed by atoms with E-state index in [1.165, 1.54) is 36.7 Å². The second kappa shape index (κ2) is 12.9. The van der Waals surface area contributed by atoms with Crippen LogP contribution in [0, 0.1) is 11.8 Å². The number of carbonyl (C=O) groups is 2. The van der Waals surface area contributed by atoms with Gasteiger partial charge in [0.2, 0.25) is 0 Å². The number of nitrogens with zero attached hydrogens (tertiary/aromatic N) is 6. The second-order valence-corrected chi connectivity index (χ2v) is 12.7. The molecule has 1 aliphatic carbocycles. The van der Waals surface area contributed by atoms with E-state index in [4.69, 9.17) is 16.7 Å². The number of nitrogens with one attached hydrogen (secondary N) is 1. The van der Waals surface area contributed by atoms with E-state index < -0.39 is 29.9 Å². The van der Waals surface area contributed by atoms with Crippen LogP contribution in [0.25, 0.3) is 5.57 Å². The van der Waals surface area contributed by atoms with Gasteiger partial charge in [-0.2, -0.15) is 13.2 Å². The highest BCUT2D eigenvalue weighted by Gasteiger charge is 2.45. The molecule has 2 N–H and O–H groups in total. The van der Waals surface area contributed by atoms with Gasteiger partial charge in [0, 0.05) is 48.7 Å². The van der Waals surface area contributed by atoms with Crippen LogP contribution in [0.15, 0.2) is 29.6 Å².